The number of hydrogen-bond acceptors (Lipinski definition) is 3. The number of carbonyl (C=O) groups excluding carboxylic acids is 2. The average molecular weight is 376 g/mol. The molecule has 2 aromatic carbocycles. The van der Waals surface area contributed by atoms with Crippen LogP contribution < -0.4 is 5.32 Å². The summed E-state index contributed by atoms with van der Waals surface area (Å²) in [7, 11) is 0. The number of amides is 1. The van der Waals surface area contributed by atoms with E-state index in [1.165, 1.54) is 0 Å². The van der Waals surface area contributed by atoms with Gasteiger partial charge in [-0.25, -0.2) is 9.18 Å². The standard InChI is InChI=1S/C16H10ClF4NO3/c17-12-7-9(1-6-13(12)18)15(24)25-8-14(23)22-11-4-2-10(3-5-11)16(19,20)21/h1-7H,8H2,(H,22,23). The van der Waals surface area contributed by atoms with Crippen molar-refractivity contribution >= 4 is 29.2 Å². The second kappa shape index (κ2) is 7.52. The minimum Gasteiger partial charge on any atom is -0.452 e. The van der Waals surface area contributed by atoms with Crippen molar-refractivity contribution in [3.63, 3.8) is 0 Å². The van der Waals surface area contributed by atoms with E-state index in [0.29, 0.717) is 0 Å². The van der Waals surface area contributed by atoms with E-state index in [-0.39, 0.29) is 16.3 Å². The van der Waals surface area contributed by atoms with Crippen LogP contribution in [0.15, 0.2) is 42.5 Å². The summed E-state index contributed by atoms with van der Waals surface area (Å²) in [4.78, 5) is 23.4. The normalized spacial score (nSPS) is 11.1. The van der Waals surface area contributed by atoms with Gasteiger partial charge in [0, 0.05) is 5.69 Å². The molecule has 2 rings (SSSR count). The number of halogens is 5. The third-order valence-corrected chi connectivity index (χ3v) is 3.28. The minimum atomic E-state index is -4.48. The molecule has 0 unspecified atom stereocenters. The smallest absolute Gasteiger partial charge is 0.416 e. The molecule has 0 saturated carbocycles. The molecule has 0 heterocycles. The highest BCUT2D eigenvalue weighted by atomic mass is 35.5. The van der Waals surface area contributed by atoms with Gasteiger partial charge in [-0.15, -0.1) is 0 Å². The number of ether oxygens (including phenoxy) is 1. The molecule has 2 aromatic rings. The van der Waals surface area contributed by atoms with Gasteiger partial charge in [0.05, 0.1) is 16.1 Å². The summed E-state index contributed by atoms with van der Waals surface area (Å²) in [5.74, 6) is -2.36. The molecule has 0 aliphatic rings. The molecule has 1 amide bonds. The maximum absolute atomic E-state index is 13.0. The molecule has 1 N–H and O–H groups in total. The summed E-state index contributed by atoms with van der Waals surface area (Å²) >= 11 is 5.53. The molecule has 0 fully saturated rings. The summed E-state index contributed by atoms with van der Waals surface area (Å²) in [6.07, 6.45) is -4.48. The van der Waals surface area contributed by atoms with E-state index < -0.39 is 36.0 Å². The van der Waals surface area contributed by atoms with Gasteiger partial charge in [-0.2, -0.15) is 13.2 Å². The van der Waals surface area contributed by atoms with Gasteiger partial charge >= 0.3 is 12.1 Å². The van der Waals surface area contributed by atoms with Crippen molar-refractivity contribution in [2.45, 2.75) is 6.18 Å². The summed E-state index contributed by atoms with van der Waals surface area (Å²) in [5, 5.41) is 2.00. The highest BCUT2D eigenvalue weighted by Gasteiger charge is 2.30. The van der Waals surface area contributed by atoms with Crippen LogP contribution in [0, 0.1) is 5.82 Å². The molecule has 9 heteroatoms. The number of nitrogens with one attached hydrogen (secondary N) is 1. The molecule has 0 aliphatic heterocycles. The van der Waals surface area contributed by atoms with Gasteiger partial charge in [0.15, 0.2) is 6.61 Å². The fourth-order valence-corrected chi connectivity index (χ4v) is 1.96. The second-order valence-electron chi connectivity index (χ2n) is 4.83. The maximum atomic E-state index is 13.0. The van der Waals surface area contributed by atoms with Crippen LogP contribution in [0.1, 0.15) is 15.9 Å². The molecular formula is C16H10ClF4NO3. The molecular weight excluding hydrogens is 366 g/mol. The average Bonchev–Trinajstić information content (AvgIpc) is 2.55. The zero-order valence-corrected chi connectivity index (χ0v) is 13.1. The third kappa shape index (κ3) is 5.18. The van der Waals surface area contributed by atoms with Crippen molar-refractivity contribution in [1.82, 2.24) is 0 Å². The Morgan fingerprint density at radius 3 is 2.28 bits per heavy atom. The molecule has 0 spiro atoms. The van der Waals surface area contributed by atoms with Crippen LogP contribution in [0.25, 0.3) is 0 Å². The predicted molar refractivity (Wildman–Crippen MR) is 81.8 cm³/mol. The van der Waals surface area contributed by atoms with Crippen LogP contribution in [-0.4, -0.2) is 18.5 Å². The molecule has 4 nitrogen and oxygen atoms in total. The summed E-state index contributed by atoms with van der Waals surface area (Å²) in [6, 6.07) is 6.92. The molecule has 0 saturated heterocycles. The van der Waals surface area contributed by atoms with Crippen LogP contribution in [0.2, 0.25) is 5.02 Å². The highest BCUT2D eigenvalue weighted by molar-refractivity contribution is 6.31. The Hall–Kier alpha value is -2.61. The number of rotatable bonds is 4. The van der Waals surface area contributed by atoms with Gasteiger partial charge in [0.2, 0.25) is 0 Å². The fraction of sp³-hybridized carbons (Fsp3) is 0.125. The minimum absolute atomic E-state index is 0.0475. The van der Waals surface area contributed by atoms with Crippen LogP contribution >= 0.6 is 11.6 Å². The Labute approximate surface area is 144 Å². The number of esters is 1. The van der Waals surface area contributed by atoms with E-state index in [0.717, 1.165) is 42.5 Å². The first-order valence-electron chi connectivity index (χ1n) is 6.76. The van der Waals surface area contributed by atoms with Gasteiger partial charge in [-0.3, -0.25) is 4.79 Å². The van der Waals surface area contributed by atoms with Gasteiger partial charge < -0.3 is 10.1 Å². The lowest BCUT2D eigenvalue weighted by molar-refractivity contribution is -0.137. The fourth-order valence-electron chi connectivity index (χ4n) is 1.78. The van der Waals surface area contributed by atoms with Crippen molar-refractivity contribution in [3.8, 4) is 0 Å². The molecule has 132 valence electrons. The topological polar surface area (TPSA) is 55.4 Å². The summed E-state index contributed by atoms with van der Waals surface area (Å²) in [6.45, 7) is -0.672. The Bertz CT molecular complexity index is 791. The molecule has 25 heavy (non-hydrogen) atoms. The van der Waals surface area contributed by atoms with Crippen LogP contribution in [0.3, 0.4) is 0 Å². The Morgan fingerprint density at radius 1 is 1.08 bits per heavy atom. The van der Waals surface area contributed by atoms with E-state index in [1.54, 1.807) is 0 Å². The Kier molecular flexibility index (Phi) is 5.63. The first-order valence-corrected chi connectivity index (χ1v) is 7.14. The SMILES string of the molecule is O=C(COC(=O)c1ccc(F)c(Cl)c1)Nc1ccc(C(F)(F)F)cc1. The van der Waals surface area contributed by atoms with E-state index in [1.807, 2.05) is 0 Å². The van der Waals surface area contributed by atoms with Gasteiger partial charge in [-0.05, 0) is 42.5 Å². The number of hydrogen-bond donors (Lipinski definition) is 1. The number of carbonyl (C=O) groups is 2. The van der Waals surface area contributed by atoms with Gasteiger partial charge in [0.25, 0.3) is 5.91 Å². The van der Waals surface area contributed by atoms with Gasteiger partial charge in [-0.1, -0.05) is 11.6 Å². The van der Waals surface area contributed by atoms with E-state index in [2.05, 4.69) is 5.32 Å². The van der Waals surface area contributed by atoms with Crippen molar-refractivity contribution in [3.05, 3.63) is 64.4 Å². The van der Waals surface area contributed by atoms with Crippen LogP contribution in [-0.2, 0) is 15.7 Å². The monoisotopic (exact) mass is 375 g/mol. The van der Waals surface area contributed by atoms with E-state index in [9.17, 15) is 27.2 Å². The zero-order valence-electron chi connectivity index (χ0n) is 12.4. The largest absolute Gasteiger partial charge is 0.452 e. The Morgan fingerprint density at radius 2 is 1.72 bits per heavy atom. The van der Waals surface area contributed by atoms with Crippen LogP contribution in [0.5, 0.6) is 0 Å². The molecule has 0 aliphatic carbocycles. The number of benzene rings is 2. The van der Waals surface area contributed by atoms with E-state index >= 15 is 0 Å². The lowest BCUT2D eigenvalue weighted by Gasteiger charge is -2.09. The summed E-state index contributed by atoms with van der Waals surface area (Å²) in [5.41, 5.74) is -0.794. The third-order valence-electron chi connectivity index (χ3n) is 2.99. The lowest BCUT2D eigenvalue weighted by atomic mass is 10.2. The second-order valence-corrected chi connectivity index (χ2v) is 5.24. The zero-order chi connectivity index (χ0) is 18.6. The van der Waals surface area contributed by atoms with E-state index in [4.69, 9.17) is 16.3 Å². The first-order chi connectivity index (χ1) is 11.7. The maximum Gasteiger partial charge on any atom is 0.416 e. The molecule has 0 atom stereocenters. The summed E-state index contributed by atoms with van der Waals surface area (Å²) < 4.78 is 55.0. The number of anilines is 1. The van der Waals surface area contributed by atoms with Crippen LogP contribution in [0.4, 0.5) is 23.2 Å². The Balaban J connectivity index is 1.90. The number of alkyl halides is 3. The van der Waals surface area contributed by atoms with Crippen molar-refractivity contribution in [1.29, 1.82) is 0 Å². The van der Waals surface area contributed by atoms with Crippen molar-refractivity contribution in [2.75, 3.05) is 11.9 Å². The van der Waals surface area contributed by atoms with Gasteiger partial charge in [0.1, 0.15) is 5.82 Å². The van der Waals surface area contributed by atoms with Crippen molar-refractivity contribution < 1.29 is 31.9 Å². The quantitative estimate of drug-likeness (QED) is 0.640. The highest BCUT2D eigenvalue weighted by Crippen LogP contribution is 2.29. The lowest BCUT2D eigenvalue weighted by Crippen LogP contribution is -2.21. The molecule has 0 bridgehead atoms. The molecule has 0 radical (unpaired) electrons. The first kappa shape index (κ1) is 18.7. The molecule has 0 aromatic heterocycles. The van der Waals surface area contributed by atoms with Crippen molar-refractivity contribution in [2.24, 2.45) is 0 Å². The predicted octanol–water partition coefficient (Wildman–Crippen LogP) is 4.29.